The first-order valence-corrected chi connectivity index (χ1v) is 11.6. The number of aryl methyl sites for hydroxylation is 1. The van der Waals surface area contributed by atoms with Crippen molar-refractivity contribution in [1.82, 2.24) is 25.1 Å². The summed E-state index contributed by atoms with van der Waals surface area (Å²) in [6, 6.07) is 5.78. The Balaban J connectivity index is 1.32. The monoisotopic (exact) mass is 449 g/mol. The molecule has 2 unspecified atom stereocenters. The molecule has 1 aromatic carbocycles. The van der Waals surface area contributed by atoms with Crippen LogP contribution in [0.5, 0.6) is 11.5 Å². The zero-order valence-electron chi connectivity index (χ0n) is 17.6. The SMILES string of the molecule is Cc1csc(C2CN(c3cnc4c(-c5cccc6c5OCO6)[nH]nc4n3)CCC2CN)n1. The van der Waals surface area contributed by atoms with Crippen molar-refractivity contribution in [3.8, 4) is 22.8 Å². The molecule has 164 valence electrons. The molecule has 3 N–H and O–H groups in total. The number of aromatic amines is 1. The van der Waals surface area contributed by atoms with Crippen molar-refractivity contribution < 1.29 is 9.47 Å². The minimum Gasteiger partial charge on any atom is -0.454 e. The molecule has 1 fully saturated rings. The number of para-hydroxylation sites is 1. The van der Waals surface area contributed by atoms with Gasteiger partial charge in [-0.15, -0.1) is 11.3 Å². The van der Waals surface area contributed by atoms with Crippen LogP contribution >= 0.6 is 11.3 Å². The van der Waals surface area contributed by atoms with Gasteiger partial charge in [0.05, 0.1) is 16.9 Å². The number of nitrogens with zero attached hydrogens (tertiary/aromatic N) is 5. The number of aromatic nitrogens is 5. The summed E-state index contributed by atoms with van der Waals surface area (Å²) in [5.41, 5.74) is 10.1. The van der Waals surface area contributed by atoms with Crippen LogP contribution in [-0.2, 0) is 0 Å². The van der Waals surface area contributed by atoms with E-state index in [1.54, 1.807) is 11.3 Å². The molecule has 5 heterocycles. The highest BCUT2D eigenvalue weighted by molar-refractivity contribution is 7.09. The Bertz CT molecular complexity index is 1290. The Hall–Kier alpha value is -3.24. The molecule has 9 nitrogen and oxygen atoms in total. The molecule has 6 rings (SSSR count). The smallest absolute Gasteiger partial charge is 0.231 e. The lowest BCUT2D eigenvalue weighted by Crippen LogP contribution is -2.42. The first kappa shape index (κ1) is 19.4. The van der Waals surface area contributed by atoms with Crippen LogP contribution in [-0.4, -0.2) is 51.6 Å². The average molecular weight is 450 g/mol. The van der Waals surface area contributed by atoms with Gasteiger partial charge in [0.25, 0.3) is 0 Å². The summed E-state index contributed by atoms with van der Waals surface area (Å²) in [5, 5.41) is 10.8. The quantitative estimate of drug-likeness (QED) is 0.488. The third-order valence-corrected chi connectivity index (χ3v) is 7.35. The van der Waals surface area contributed by atoms with Crippen molar-refractivity contribution in [3.63, 3.8) is 0 Å². The van der Waals surface area contributed by atoms with Gasteiger partial charge in [0.1, 0.15) is 11.3 Å². The number of ether oxygens (including phenoxy) is 2. The number of rotatable bonds is 4. The van der Waals surface area contributed by atoms with Gasteiger partial charge in [0, 0.05) is 35.6 Å². The summed E-state index contributed by atoms with van der Waals surface area (Å²) in [4.78, 5) is 16.6. The predicted octanol–water partition coefficient (Wildman–Crippen LogP) is 3.08. The van der Waals surface area contributed by atoms with E-state index < -0.39 is 0 Å². The first-order chi connectivity index (χ1) is 15.7. The molecule has 4 aromatic rings. The number of piperidine rings is 1. The summed E-state index contributed by atoms with van der Waals surface area (Å²) in [6.45, 7) is 4.62. The molecule has 10 heteroatoms. The van der Waals surface area contributed by atoms with E-state index in [0.717, 1.165) is 53.0 Å². The molecule has 0 amide bonds. The van der Waals surface area contributed by atoms with Gasteiger partial charge in [-0.05, 0) is 37.9 Å². The Morgan fingerprint density at radius 1 is 1.28 bits per heavy atom. The summed E-state index contributed by atoms with van der Waals surface area (Å²) in [7, 11) is 0. The Morgan fingerprint density at radius 3 is 3.06 bits per heavy atom. The summed E-state index contributed by atoms with van der Waals surface area (Å²) in [5.74, 6) is 2.97. The summed E-state index contributed by atoms with van der Waals surface area (Å²) in [6.07, 6.45) is 2.83. The van der Waals surface area contributed by atoms with E-state index in [0.29, 0.717) is 35.3 Å². The lowest BCUT2D eigenvalue weighted by molar-refractivity contribution is 0.174. The van der Waals surface area contributed by atoms with E-state index in [1.807, 2.05) is 31.3 Å². The molecule has 2 atom stereocenters. The third kappa shape index (κ3) is 3.18. The second kappa shape index (κ2) is 7.72. The number of fused-ring (bicyclic) bond motifs is 2. The third-order valence-electron chi connectivity index (χ3n) is 6.25. The largest absolute Gasteiger partial charge is 0.454 e. The van der Waals surface area contributed by atoms with Crippen molar-refractivity contribution >= 4 is 28.3 Å². The van der Waals surface area contributed by atoms with Crippen LogP contribution in [0.2, 0.25) is 0 Å². The number of benzene rings is 1. The Morgan fingerprint density at radius 2 is 2.22 bits per heavy atom. The van der Waals surface area contributed by atoms with Crippen LogP contribution < -0.4 is 20.1 Å². The summed E-state index contributed by atoms with van der Waals surface area (Å²) < 4.78 is 11.2. The van der Waals surface area contributed by atoms with Crippen LogP contribution in [0.15, 0.2) is 29.8 Å². The van der Waals surface area contributed by atoms with Crippen molar-refractivity contribution in [2.24, 2.45) is 11.7 Å². The molecular weight excluding hydrogens is 426 g/mol. The number of hydrogen-bond donors (Lipinski definition) is 2. The highest BCUT2D eigenvalue weighted by Crippen LogP contribution is 2.42. The van der Waals surface area contributed by atoms with Gasteiger partial charge in [0.2, 0.25) is 12.4 Å². The maximum Gasteiger partial charge on any atom is 0.231 e. The molecule has 0 bridgehead atoms. The standard InChI is InChI=1S/C22H23N7O2S/c1-12-10-32-22(25-12)15-9-29(6-5-13(15)7-23)17-8-24-19-18(27-28-21(19)26-17)14-3-2-4-16-20(14)31-11-30-16/h2-4,8,10,13,15H,5-7,9,11,23H2,1H3,(H,26,27,28). The van der Waals surface area contributed by atoms with Crippen molar-refractivity contribution in [2.45, 2.75) is 19.3 Å². The lowest BCUT2D eigenvalue weighted by Gasteiger charge is -2.37. The second-order valence-electron chi connectivity index (χ2n) is 8.20. The van der Waals surface area contributed by atoms with Crippen LogP contribution in [0.25, 0.3) is 22.4 Å². The van der Waals surface area contributed by atoms with E-state index >= 15 is 0 Å². The molecule has 0 radical (unpaired) electrons. The summed E-state index contributed by atoms with van der Waals surface area (Å²) >= 11 is 1.72. The van der Waals surface area contributed by atoms with E-state index in [2.05, 4.69) is 20.5 Å². The highest BCUT2D eigenvalue weighted by atomic mass is 32.1. The van der Waals surface area contributed by atoms with Crippen LogP contribution in [0.3, 0.4) is 0 Å². The molecule has 0 spiro atoms. The van der Waals surface area contributed by atoms with Crippen LogP contribution in [0.4, 0.5) is 5.82 Å². The Labute approximate surface area is 188 Å². The van der Waals surface area contributed by atoms with E-state index in [-0.39, 0.29) is 6.79 Å². The van der Waals surface area contributed by atoms with E-state index in [4.69, 9.17) is 30.2 Å². The maximum atomic E-state index is 6.09. The highest BCUT2D eigenvalue weighted by Gasteiger charge is 2.32. The number of anilines is 1. The van der Waals surface area contributed by atoms with Gasteiger partial charge in [-0.2, -0.15) is 5.10 Å². The zero-order chi connectivity index (χ0) is 21.7. The van der Waals surface area contributed by atoms with Gasteiger partial charge >= 0.3 is 0 Å². The fourth-order valence-electron chi connectivity index (χ4n) is 4.57. The normalized spacial score (nSPS) is 20.2. The molecule has 32 heavy (non-hydrogen) atoms. The van der Waals surface area contributed by atoms with Crippen LogP contribution in [0.1, 0.15) is 23.0 Å². The maximum absolute atomic E-state index is 6.09. The number of nitrogens with two attached hydrogens (primary N) is 1. The van der Waals surface area contributed by atoms with Crippen molar-refractivity contribution in [1.29, 1.82) is 0 Å². The fraction of sp³-hybridized carbons (Fsp3) is 0.364. The topological polar surface area (TPSA) is 115 Å². The molecular formula is C22H23N7O2S. The zero-order valence-corrected chi connectivity index (χ0v) is 18.4. The molecule has 2 aliphatic rings. The first-order valence-electron chi connectivity index (χ1n) is 10.7. The van der Waals surface area contributed by atoms with Gasteiger partial charge in [-0.1, -0.05) is 6.07 Å². The van der Waals surface area contributed by atoms with Gasteiger partial charge in [-0.3, -0.25) is 5.10 Å². The molecule has 0 aliphatic carbocycles. The van der Waals surface area contributed by atoms with Gasteiger partial charge in [-0.25, -0.2) is 15.0 Å². The minimum absolute atomic E-state index is 0.215. The fourth-order valence-corrected chi connectivity index (χ4v) is 5.55. The van der Waals surface area contributed by atoms with Gasteiger partial charge < -0.3 is 20.1 Å². The van der Waals surface area contributed by atoms with E-state index in [9.17, 15) is 0 Å². The van der Waals surface area contributed by atoms with Crippen molar-refractivity contribution in [2.75, 3.05) is 31.3 Å². The lowest BCUT2D eigenvalue weighted by atomic mass is 9.86. The molecule has 2 aliphatic heterocycles. The van der Waals surface area contributed by atoms with E-state index in [1.165, 1.54) is 0 Å². The molecule has 0 saturated carbocycles. The number of H-pyrrole nitrogens is 1. The molecule has 3 aromatic heterocycles. The minimum atomic E-state index is 0.215. The van der Waals surface area contributed by atoms with Gasteiger partial charge in [0.15, 0.2) is 11.5 Å². The molecule has 1 saturated heterocycles. The number of thiazole rings is 1. The predicted molar refractivity (Wildman–Crippen MR) is 122 cm³/mol. The van der Waals surface area contributed by atoms with Crippen LogP contribution in [0, 0.1) is 12.8 Å². The number of hydrogen-bond acceptors (Lipinski definition) is 9. The average Bonchev–Trinajstić information content (AvgIpc) is 3.57. The Kier molecular flexibility index (Phi) is 4.69. The number of nitrogens with one attached hydrogen (secondary N) is 1. The van der Waals surface area contributed by atoms with Crippen molar-refractivity contribution in [3.05, 3.63) is 40.5 Å². The second-order valence-corrected chi connectivity index (χ2v) is 9.09.